The van der Waals surface area contributed by atoms with Crippen molar-refractivity contribution in [2.24, 2.45) is 5.92 Å². The number of hydrogen-bond donors (Lipinski definition) is 1. The van der Waals surface area contributed by atoms with Crippen LogP contribution >= 0.6 is 0 Å². The van der Waals surface area contributed by atoms with Crippen LogP contribution in [0.3, 0.4) is 0 Å². The summed E-state index contributed by atoms with van der Waals surface area (Å²) >= 11 is 0. The molecule has 0 saturated carbocycles. The number of nitrogens with zero attached hydrogens (tertiary/aromatic N) is 1. The summed E-state index contributed by atoms with van der Waals surface area (Å²) in [4.78, 5) is 24.0. The Bertz CT molecular complexity index is 340. The molecule has 0 aliphatic carbocycles. The molecular formula is C13H22FNO4. The van der Waals surface area contributed by atoms with Crippen molar-refractivity contribution in [1.82, 2.24) is 4.90 Å². The van der Waals surface area contributed by atoms with Gasteiger partial charge in [-0.1, -0.05) is 0 Å². The number of carboxylic acid groups (broad SMARTS) is 1. The second kappa shape index (κ2) is 6.21. The van der Waals surface area contributed by atoms with Crippen molar-refractivity contribution in [1.29, 1.82) is 0 Å². The van der Waals surface area contributed by atoms with Crippen LogP contribution in [0.4, 0.5) is 9.18 Å². The van der Waals surface area contributed by atoms with Crippen LogP contribution in [0.15, 0.2) is 0 Å². The monoisotopic (exact) mass is 275 g/mol. The number of halogens is 1. The highest BCUT2D eigenvalue weighted by Crippen LogP contribution is 2.25. The lowest BCUT2D eigenvalue weighted by Gasteiger charge is -2.26. The normalized spacial score (nSPS) is 24.7. The third kappa shape index (κ3) is 5.44. The van der Waals surface area contributed by atoms with E-state index in [1.807, 2.05) is 0 Å². The fourth-order valence-electron chi connectivity index (χ4n) is 2.09. The van der Waals surface area contributed by atoms with Gasteiger partial charge in [0.25, 0.3) is 0 Å². The molecule has 1 saturated heterocycles. The first-order chi connectivity index (χ1) is 8.69. The van der Waals surface area contributed by atoms with Gasteiger partial charge < -0.3 is 14.7 Å². The van der Waals surface area contributed by atoms with E-state index in [1.165, 1.54) is 4.90 Å². The predicted octanol–water partition coefficient (Wildman–Crippen LogP) is 2.45. The van der Waals surface area contributed by atoms with Crippen LogP contribution in [0.2, 0.25) is 0 Å². The summed E-state index contributed by atoms with van der Waals surface area (Å²) in [6.07, 6.45) is -1.31. The van der Waals surface area contributed by atoms with Gasteiger partial charge >= 0.3 is 12.1 Å². The van der Waals surface area contributed by atoms with E-state index < -0.39 is 29.8 Å². The van der Waals surface area contributed by atoms with Crippen LogP contribution < -0.4 is 0 Å². The van der Waals surface area contributed by atoms with Gasteiger partial charge in [-0.05, 0) is 33.6 Å². The van der Waals surface area contributed by atoms with E-state index in [0.717, 1.165) is 0 Å². The molecule has 0 aromatic rings. The van der Waals surface area contributed by atoms with Crippen molar-refractivity contribution >= 4 is 12.1 Å². The van der Waals surface area contributed by atoms with Crippen LogP contribution in [-0.4, -0.2) is 46.9 Å². The molecule has 1 N–H and O–H groups in total. The third-order valence-electron chi connectivity index (χ3n) is 3.04. The fraction of sp³-hybridized carbons (Fsp3) is 0.846. The highest BCUT2D eigenvalue weighted by atomic mass is 19.1. The summed E-state index contributed by atoms with van der Waals surface area (Å²) in [5.74, 6) is -1.52. The summed E-state index contributed by atoms with van der Waals surface area (Å²) < 4.78 is 19.0. The number of likely N-dealkylation sites (tertiary alicyclic amines) is 1. The number of carbonyl (C=O) groups excluding carboxylic acids is 1. The van der Waals surface area contributed by atoms with Crippen LogP contribution in [0, 0.1) is 5.92 Å². The molecule has 1 aliphatic heterocycles. The van der Waals surface area contributed by atoms with Crippen molar-refractivity contribution in [3.63, 3.8) is 0 Å². The predicted molar refractivity (Wildman–Crippen MR) is 67.7 cm³/mol. The van der Waals surface area contributed by atoms with E-state index in [1.54, 1.807) is 20.8 Å². The zero-order valence-electron chi connectivity index (χ0n) is 11.7. The van der Waals surface area contributed by atoms with Crippen LogP contribution in [0.25, 0.3) is 0 Å². The molecule has 6 heteroatoms. The minimum atomic E-state index is -1.18. The molecule has 0 spiro atoms. The molecule has 1 heterocycles. The molecule has 1 fully saturated rings. The van der Waals surface area contributed by atoms with Crippen molar-refractivity contribution < 1.29 is 23.8 Å². The minimum Gasteiger partial charge on any atom is -0.481 e. The summed E-state index contributed by atoms with van der Waals surface area (Å²) in [6.45, 7) is 5.93. The molecule has 1 aliphatic rings. The highest BCUT2D eigenvalue weighted by molar-refractivity contribution is 5.68. The Morgan fingerprint density at radius 1 is 1.32 bits per heavy atom. The molecule has 1 amide bonds. The smallest absolute Gasteiger partial charge is 0.410 e. The van der Waals surface area contributed by atoms with Gasteiger partial charge in [-0.2, -0.15) is 0 Å². The van der Waals surface area contributed by atoms with Gasteiger partial charge in [0.15, 0.2) is 0 Å². The van der Waals surface area contributed by atoms with Gasteiger partial charge in [0.1, 0.15) is 11.8 Å². The quantitative estimate of drug-likeness (QED) is 0.840. The first-order valence-electron chi connectivity index (χ1n) is 6.53. The third-order valence-corrected chi connectivity index (χ3v) is 3.04. The molecule has 0 unspecified atom stereocenters. The van der Waals surface area contributed by atoms with Gasteiger partial charge in [0, 0.05) is 19.0 Å². The second-order valence-electron chi connectivity index (χ2n) is 5.92. The SMILES string of the molecule is CC(C)(C)OC(=O)N1CC[C@@H](CC(=O)O)[C@H](F)CC1. The standard InChI is InChI=1S/C13H22FNO4/c1-13(2,3)19-12(18)15-6-4-9(8-11(16)17)10(14)5-7-15/h9-10H,4-8H2,1-3H3,(H,16,17)/t9-,10+/m0/s1. The number of rotatable bonds is 2. The zero-order chi connectivity index (χ0) is 14.6. The molecular weight excluding hydrogens is 253 g/mol. The maximum Gasteiger partial charge on any atom is 0.410 e. The van der Waals surface area contributed by atoms with Gasteiger partial charge in [0.05, 0.1) is 6.42 Å². The van der Waals surface area contributed by atoms with E-state index in [0.29, 0.717) is 13.0 Å². The largest absolute Gasteiger partial charge is 0.481 e. The first kappa shape index (κ1) is 15.7. The first-order valence-corrected chi connectivity index (χ1v) is 6.53. The molecule has 0 bridgehead atoms. The number of hydrogen-bond acceptors (Lipinski definition) is 3. The minimum absolute atomic E-state index is 0.164. The van der Waals surface area contributed by atoms with Gasteiger partial charge in [0.2, 0.25) is 0 Å². The lowest BCUT2D eigenvalue weighted by atomic mass is 9.95. The number of alkyl halides is 1. The van der Waals surface area contributed by atoms with E-state index in [-0.39, 0.29) is 19.4 Å². The Labute approximate surface area is 112 Å². The van der Waals surface area contributed by atoms with Gasteiger partial charge in [-0.15, -0.1) is 0 Å². The Kier molecular flexibility index (Phi) is 5.14. The average Bonchev–Trinajstić information content (AvgIpc) is 2.39. The summed E-state index contributed by atoms with van der Waals surface area (Å²) in [5.41, 5.74) is -0.584. The summed E-state index contributed by atoms with van der Waals surface area (Å²) in [7, 11) is 0. The van der Waals surface area contributed by atoms with Crippen LogP contribution in [0.5, 0.6) is 0 Å². The van der Waals surface area contributed by atoms with E-state index in [9.17, 15) is 14.0 Å². The average molecular weight is 275 g/mol. The van der Waals surface area contributed by atoms with E-state index >= 15 is 0 Å². The second-order valence-corrected chi connectivity index (χ2v) is 5.92. The molecule has 2 atom stereocenters. The van der Waals surface area contributed by atoms with Crippen LogP contribution in [0.1, 0.15) is 40.0 Å². The molecule has 5 nitrogen and oxygen atoms in total. The topological polar surface area (TPSA) is 66.8 Å². The zero-order valence-corrected chi connectivity index (χ0v) is 11.7. The summed E-state index contributed by atoms with van der Waals surface area (Å²) in [5, 5.41) is 8.73. The number of carboxylic acids is 1. The Hall–Kier alpha value is -1.33. The Balaban J connectivity index is 2.57. The maximum absolute atomic E-state index is 13.8. The number of amides is 1. The molecule has 110 valence electrons. The Morgan fingerprint density at radius 2 is 1.89 bits per heavy atom. The van der Waals surface area contributed by atoms with Crippen molar-refractivity contribution in [2.75, 3.05) is 13.1 Å². The van der Waals surface area contributed by atoms with Crippen molar-refractivity contribution in [2.45, 2.75) is 51.8 Å². The summed E-state index contributed by atoms with van der Waals surface area (Å²) in [6, 6.07) is 0. The van der Waals surface area contributed by atoms with Crippen LogP contribution in [-0.2, 0) is 9.53 Å². The lowest BCUT2D eigenvalue weighted by molar-refractivity contribution is -0.138. The maximum atomic E-state index is 13.8. The molecule has 19 heavy (non-hydrogen) atoms. The fourth-order valence-corrected chi connectivity index (χ4v) is 2.09. The number of ether oxygens (including phenoxy) is 1. The Morgan fingerprint density at radius 3 is 2.42 bits per heavy atom. The number of carbonyl (C=O) groups is 2. The number of aliphatic carboxylic acids is 1. The molecule has 1 rings (SSSR count). The molecule has 0 aromatic carbocycles. The highest BCUT2D eigenvalue weighted by Gasteiger charge is 2.31. The van der Waals surface area contributed by atoms with Crippen molar-refractivity contribution in [3.8, 4) is 0 Å². The molecule has 0 radical (unpaired) electrons. The molecule has 0 aromatic heterocycles. The van der Waals surface area contributed by atoms with E-state index in [2.05, 4.69) is 0 Å². The van der Waals surface area contributed by atoms with E-state index in [4.69, 9.17) is 9.84 Å². The van der Waals surface area contributed by atoms with Gasteiger partial charge in [-0.25, -0.2) is 9.18 Å². The van der Waals surface area contributed by atoms with Gasteiger partial charge in [-0.3, -0.25) is 4.79 Å². The lowest BCUT2D eigenvalue weighted by Crippen LogP contribution is -2.37. The van der Waals surface area contributed by atoms with Crippen molar-refractivity contribution in [3.05, 3.63) is 0 Å².